The molecule has 326 valence electrons. The second-order valence-electron chi connectivity index (χ2n) is 14.5. The van der Waals surface area contributed by atoms with Crippen LogP contribution in [0.1, 0.15) is 46.0 Å². The molecule has 0 saturated carbocycles. The average molecular weight is 907 g/mol. The summed E-state index contributed by atoms with van der Waals surface area (Å²) >= 11 is 0. The number of unbranched alkanes of at least 4 members (excludes halogenated alkanes) is 2. The van der Waals surface area contributed by atoms with E-state index in [0.717, 1.165) is 12.5 Å². The molecule has 0 heterocycles. The van der Waals surface area contributed by atoms with Crippen LogP contribution >= 0.6 is 0 Å². The zero-order valence-electron chi connectivity index (χ0n) is 32.6. The summed E-state index contributed by atoms with van der Waals surface area (Å²) in [6, 6.07) is 1.50. The van der Waals surface area contributed by atoms with Gasteiger partial charge in [0, 0.05) is 17.8 Å². The van der Waals surface area contributed by atoms with Crippen molar-refractivity contribution in [3.63, 3.8) is 0 Å². The van der Waals surface area contributed by atoms with Gasteiger partial charge in [-0.2, -0.15) is 47.9 Å². The van der Waals surface area contributed by atoms with Crippen molar-refractivity contribution in [1.29, 1.82) is 0 Å². The van der Waals surface area contributed by atoms with Crippen LogP contribution in [0.4, 0.5) is 39.5 Å². The molecular weight excluding hydrogens is 852 g/mol. The van der Waals surface area contributed by atoms with Crippen molar-refractivity contribution >= 4 is 55.8 Å². The second kappa shape index (κ2) is 22.5. The Balaban J connectivity index is 0. The van der Waals surface area contributed by atoms with Gasteiger partial charge in [-0.05, 0) is 97.1 Å². The molecule has 0 amide bonds. The molecule has 0 radical (unpaired) electrons. The van der Waals surface area contributed by atoms with Gasteiger partial charge in [-0.3, -0.25) is 4.55 Å². The van der Waals surface area contributed by atoms with E-state index in [1.807, 2.05) is 39.3 Å². The lowest BCUT2D eigenvalue weighted by Crippen LogP contribution is -2.57. The van der Waals surface area contributed by atoms with Crippen LogP contribution in [0.2, 0.25) is 64.0 Å². The fourth-order valence-corrected chi connectivity index (χ4v) is 24.7. The Morgan fingerprint density at radius 2 is 0.982 bits per heavy atom. The van der Waals surface area contributed by atoms with E-state index in [4.69, 9.17) is 34.8 Å². The Hall–Kier alpha value is -1.59. The fourth-order valence-electron chi connectivity index (χ4n) is 4.87. The summed E-state index contributed by atoms with van der Waals surface area (Å²) in [6.07, 6.45) is -12.6. The van der Waals surface area contributed by atoms with E-state index in [1.165, 1.54) is 0 Å². The summed E-state index contributed by atoms with van der Waals surface area (Å²) in [5, 5.41) is 0. The molecule has 1 unspecified atom stereocenters. The maximum absolute atomic E-state index is 13.0. The van der Waals surface area contributed by atoms with Gasteiger partial charge in [-0.15, -0.1) is 0 Å². The number of carbonyl (C=O) groups is 2. The third-order valence-electron chi connectivity index (χ3n) is 6.93. The molecule has 0 saturated heterocycles. The first kappa shape index (κ1) is 55.5. The van der Waals surface area contributed by atoms with Crippen LogP contribution in [0, 0.1) is 0 Å². The Morgan fingerprint density at radius 1 is 0.618 bits per heavy atom. The molecule has 0 aromatic heterocycles. The number of rotatable bonds is 23. The zero-order valence-corrected chi connectivity index (χ0v) is 37.4. The topological polar surface area (TPSA) is 144 Å². The zero-order chi connectivity index (χ0) is 43.9. The molecule has 55 heavy (non-hydrogen) atoms. The standard InChI is InChI=1S/C29H54F6O8Si4.CHF3O3S/c1-23(2)25(36)38-17-12-14-20-44(5,6)41-46(9,10)43-47(11,22-16-19-40-27(28(30,31)32)29(33,34)35)42-45(7,8)21-15-13-18-39-26(37)24(3)4;2-1(3,4)8(5,6)7/h27H,1,3,12-22H2,2,4-11H3;(H,5,6,7). The lowest BCUT2D eigenvalue weighted by atomic mass is 10.3. The van der Waals surface area contributed by atoms with Crippen molar-refractivity contribution in [3.05, 3.63) is 24.3 Å². The van der Waals surface area contributed by atoms with E-state index < -0.39 is 86.4 Å². The predicted octanol–water partition coefficient (Wildman–Crippen LogP) is 9.31. The van der Waals surface area contributed by atoms with Gasteiger partial charge in [0.1, 0.15) is 0 Å². The van der Waals surface area contributed by atoms with Crippen LogP contribution in [-0.2, 0) is 46.3 Å². The van der Waals surface area contributed by atoms with E-state index in [1.54, 1.807) is 20.4 Å². The Labute approximate surface area is 321 Å². The van der Waals surface area contributed by atoms with Crippen molar-refractivity contribution in [2.75, 3.05) is 19.8 Å². The van der Waals surface area contributed by atoms with Crippen molar-refractivity contribution < 1.29 is 88.6 Å². The minimum absolute atomic E-state index is 0.0952. The summed E-state index contributed by atoms with van der Waals surface area (Å²) in [5.41, 5.74) is -4.91. The molecule has 11 nitrogen and oxygen atoms in total. The molecule has 1 N–H and O–H groups in total. The van der Waals surface area contributed by atoms with Gasteiger partial charge in [0.15, 0.2) is 16.6 Å². The minimum Gasteiger partial charge on any atom is -0.462 e. The minimum atomic E-state index is -5.84. The molecule has 25 heteroatoms. The summed E-state index contributed by atoms with van der Waals surface area (Å²) < 4.78 is 170. The highest BCUT2D eigenvalue weighted by Crippen LogP contribution is 2.36. The molecule has 0 rings (SSSR count). The smallest absolute Gasteiger partial charge is 0.462 e. The third-order valence-corrected chi connectivity index (χ3v) is 23.7. The Kier molecular flexibility index (Phi) is 22.7. The Morgan fingerprint density at radius 3 is 1.31 bits per heavy atom. The predicted molar refractivity (Wildman–Crippen MR) is 196 cm³/mol. The van der Waals surface area contributed by atoms with Gasteiger partial charge < -0.3 is 26.6 Å². The van der Waals surface area contributed by atoms with Crippen LogP contribution < -0.4 is 0 Å². The van der Waals surface area contributed by atoms with Gasteiger partial charge in [0.2, 0.25) is 6.10 Å². The van der Waals surface area contributed by atoms with Crippen LogP contribution in [0.3, 0.4) is 0 Å². The van der Waals surface area contributed by atoms with E-state index in [-0.39, 0.29) is 25.7 Å². The summed E-state index contributed by atoms with van der Waals surface area (Å²) in [7, 11) is -16.8. The van der Waals surface area contributed by atoms with Crippen molar-refractivity contribution in [2.24, 2.45) is 0 Å². The third kappa shape index (κ3) is 26.1. The molecule has 0 aromatic rings. The van der Waals surface area contributed by atoms with E-state index in [9.17, 15) is 49.1 Å². The first-order valence-electron chi connectivity index (χ1n) is 16.9. The maximum Gasteiger partial charge on any atom is 0.522 e. The molecule has 1 atom stereocenters. The number of hydrogen-bond acceptors (Lipinski definition) is 10. The molecule has 0 aliphatic carbocycles. The average Bonchev–Trinajstić information content (AvgIpc) is 2.92. The van der Waals surface area contributed by atoms with Crippen LogP contribution in [0.25, 0.3) is 0 Å². The van der Waals surface area contributed by atoms with E-state index in [2.05, 4.69) is 17.9 Å². The van der Waals surface area contributed by atoms with Crippen molar-refractivity contribution in [2.45, 2.75) is 134 Å². The van der Waals surface area contributed by atoms with Gasteiger partial charge in [0.05, 0.1) is 13.2 Å². The fraction of sp³-hybridized carbons (Fsp3) is 0.800. The Bertz CT molecular complexity index is 1340. The van der Waals surface area contributed by atoms with Crippen LogP contribution in [0.15, 0.2) is 24.3 Å². The van der Waals surface area contributed by atoms with Gasteiger partial charge >= 0.3 is 57.0 Å². The largest absolute Gasteiger partial charge is 0.522 e. The molecule has 0 aromatic carbocycles. The van der Waals surface area contributed by atoms with Gasteiger partial charge in [-0.25, -0.2) is 9.59 Å². The van der Waals surface area contributed by atoms with Crippen LogP contribution in [0.5, 0.6) is 0 Å². The number of ether oxygens (including phenoxy) is 3. The lowest BCUT2D eigenvalue weighted by Gasteiger charge is -2.43. The maximum atomic E-state index is 13.0. The number of alkyl halides is 9. The van der Waals surface area contributed by atoms with Gasteiger partial charge in [0.25, 0.3) is 0 Å². The normalized spacial score (nSPS) is 14.5. The lowest BCUT2D eigenvalue weighted by molar-refractivity contribution is -0.321. The molecule has 0 aliphatic rings. The molecular formula is C30H55F9O11SSi4. The van der Waals surface area contributed by atoms with E-state index >= 15 is 0 Å². The summed E-state index contributed by atoms with van der Waals surface area (Å²) in [6.45, 7) is 23.4. The first-order valence-corrected chi connectivity index (χ1v) is 29.9. The second-order valence-corrected chi connectivity index (χ2v) is 31.9. The molecule has 0 bridgehead atoms. The first-order chi connectivity index (χ1) is 24.4. The van der Waals surface area contributed by atoms with Crippen LogP contribution in [-0.4, -0.2) is 102 Å². The van der Waals surface area contributed by atoms with Crippen molar-refractivity contribution in [1.82, 2.24) is 0 Å². The summed E-state index contributed by atoms with van der Waals surface area (Å²) in [5.74, 6) is -0.920. The summed E-state index contributed by atoms with van der Waals surface area (Å²) in [4.78, 5) is 23.2. The van der Waals surface area contributed by atoms with Crippen molar-refractivity contribution in [3.8, 4) is 0 Å². The number of halogens is 9. The number of carbonyl (C=O) groups excluding carboxylic acids is 2. The van der Waals surface area contributed by atoms with Gasteiger partial charge in [-0.1, -0.05) is 26.0 Å². The number of esters is 2. The molecule has 0 aliphatic heterocycles. The highest BCUT2D eigenvalue weighted by molar-refractivity contribution is 7.86. The SMILES string of the molecule is C=C(C)C(=O)OCCCC[Si](C)(C)O[Si](C)(C)O[Si](C)(CCCOC(C(F)(F)F)C(F)(F)F)O[Si](C)(C)CCCCOC(=O)C(=C)C.O=S(=O)(O)C(F)(F)F. The molecule has 0 fully saturated rings. The molecule has 0 spiro atoms. The number of hydrogen-bond donors (Lipinski definition) is 1. The monoisotopic (exact) mass is 906 g/mol. The van der Waals surface area contributed by atoms with E-state index in [0.29, 0.717) is 36.5 Å². The highest BCUT2D eigenvalue weighted by Gasteiger charge is 2.58. The quantitative estimate of drug-likeness (QED) is 0.0199. The highest BCUT2D eigenvalue weighted by atomic mass is 32.2.